The van der Waals surface area contributed by atoms with Crippen molar-refractivity contribution >= 4 is 11.0 Å². The lowest BCUT2D eigenvalue weighted by atomic mass is 10.0. The average molecular weight is 584 g/mol. The van der Waals surface area contributed by atoms with Gasteiger partial charge in [-0.05, 0) is 73.0 Å². The van der Waals surface area contributed by atoms with Crippen LogP contribution in [-0.4, -0.2) is 56.6 Å². The Balaban J connectivity index is 1.32. The molecule has 1 saturated carbocycles. The molecule has 1 aliphatic heterocycles. The van der Waals surface area contributed by atoms with Crippen molar-refractivity contribution in [3.8, 4) is 16.8 Å². The van der Waals surface area contributed by atoms with Gasteiger partial charge >= 0.3 is 5.69 Å². The lowest BCUT2D eigenvalue weighted by Crippen LogP contribution is -2.45. The first-order valence-electron chi connectivity index (χ1n) is 15.9. The van der Waals surface area contributed by atoms with Gasteiger partial charge in [0.05, 0.1) is 17.3 Å². The smallest absolute Gasteiger partial charge is 0.301 e. The van der Waals surface area contributed by atoms with Gasteiger partial charge in [-0.25, -0.2) is 18.7 Å². The number of fused-ring (bicyclic) bond motifs is 1. The third-order valence-electron chi connectivity index (χ3n) is 9.29. The number of nitrogens with zero attached hydrogens (tertiary/aromatic N) is 5. The minimum Gasteiger partial charge on any atom is -0.301 e. The van der Waals surface area contributed by atoms with Crippen molar-refractivity contribution in [1.29, 1.82) is 0 Å². The van der Waals surface area contributed by atoms with Crippen LogP contribution in [0.25, 0.3) is 27.8 Å². The van der Waals surface area contributed by atoms with Crippen molar-refractivity contribution < 1.29 is 4.39 Å². The Morgan fingerprint density at radius 3 is 2.42 bits per heavy atom. The Hall–Kier alpha value is -3.62. The highest BCUT2D eigenvalue weighted by Crippen LogP contribution is 2.30. The molecule has 4 aromatic rings. The molecule has 2 atom stereocenters. The second-order valence-electron chi connectivity index (χ2n) is 12.5. The Labute approximate surface area is 252 Å². The summed E-state index contributed by atoms with van der Waals surface area (Å²) in [5, 5.41) is 0.127. The molecule has 2 unspecified atom stereocenters. The number of halogens is 1. The number of piperazine rings is 1. The lowest BCUT2D eigenvalue weighted by Gasteiger charge is -2.34. The molecule has 0 radical (unpaired) electrons. The van der Waals surface area contributed by atoms with E-state index in [1.54, 1.807) is 0 Å². The zero-order valence-electron chi connectivity index (χ0n) is 25.3. The van der Waals surface area contributed by atoms with E-state index >= 15 is 0 Å². The number of pyridine rings is 1. The molecular formula is C35H42FN5O2. The van der Waals surface area contributed by atoms with E-state index in [2.05, 4.69) is 52.9 Å². The fraction of sp³-hybridized carbons (Fsp3) is 0.457. The van der Waals surface area contributed by atoms with Crippen molar-refractivity contribution in [2.45, 2.75) is 65.0 Å². The number of hydrogen-bond acceptors (Lipinski definition) is 5. The maximum absolute atomic E-state index is 14.4. The molecule has 7 nitrogen and oxygen atoms in total. The van der Waals surface area contributed by atoms with E-state index in [0.717, 1.165) is 82.2 Å². The van der Waals surface area contributed by atoms with Crippen LogP contribution >= 0.6 is 0 Å². The topological polar surface area (TPSA) is 63.4 Å². The van der Waals surface area contributed by atoms with Gasteiger partial charge in [-0.2, -0.15) is 0 Å². The highest BCUT2D eigenvalue weighted by Gasteiger charge is 2.25. The number of benzene rings is 2. The van der Waals surface area contributed by atoms with Gasteiger partial charge in [-0.3, -0.25) is 14.3 Å². The minimum atomic E-state index is -0.590. The summed E-state index contributed by atoms with van der Waals surface area (Å²) in [7, 11) is 0. The predicted octanol–water partition coefficient (Wildman–Crippen LogP) is 6.02. The van der Waals surface area contributed by atoms with Crippen molar-refractivity contribution in [1.82, 2.24) is 23.9 Å². The van der Waals surface area contributed by atoms with Crippen LogP contribution in [0.5, 0.6) is 0 Å². The molecule has 6 rings (SSSR count). The summed E-state index contributed by atoms with van der Waals surface area (Å²) in [5.74, 6) is -0.0332. The van der Waals surface area contributed by atoms with Crippen LogP contribution in [0.2, 0.25) is 0 Å². The van der Waals surface area contributed by atoms with Gasteiger partial charge in [0.1, 0.15) is 5.82 Å². The van der Waals surface area contributed by atoms with Crippen molar-refractivity contribution in [3.05, 3.63) is 93.0 Å². The molecule has 2 fully saturated rings. The van der Waals surface area contributed by atoms with Gasteiger partial charge in [0, 0.05) is 38.8 Å². The van der Waals surface area contributed by atoms with Crippen LogP contribution in [0, 0.1) is 11.7 Å². The summed E-state index contributed by atoms with van der Waals surface area (Å²) in [5.41, 5.74) is 3.20. The Kier molecular flexibility index (Phi) is 8.86. The summed E-state index contributed by atoms with van der Waals surface area (Å²) < 4.78 is 17.2. The molecule has 0 amide bonds. The minimum absolute atomic E-state index is 0.127. The molecule has 2 aromatic carbocycles. The maximum atomic E-state index is 14.4. The molecule has 2 aromatic heterocycles. The summed E-state index contributed by atoms with van der Waals surface area (Å²) in [6.07, 6.45) is 6.78. The maximum Gasteiger partial charge on any atom is 0.337 e. The first-order valence-corrected chi connectivity index (χ1v) is 15.9. The van der Waals surface area contributed by atoms with Crippen LogP contribution < -0.4 is 11.2 Å². The molecule has 226 valence electrons. The first-order chi connectivity index (χ1) is 20.9. The van der Waals surface area contributed by atoms with Crippen LogP contribution in [-0.2, 0) is 6.54 Å². The van der Waals surface area contributed by atoms with Crippen molar-refractivity contribution in [3.63, 3.8) is 0 Å². The van der Waals surface area contributed by atoms with Crippen LogP contribution in [0.1, 0.15) is 64.0 Å². The van der Waals surface area contributed by atoms with E-state index in [-0.39, 0.29) is 17.1 Å². The highest BCUT2D eigenvalue weighted by molar-refractivity contribution is 5.76. The molecule has 2 aliphatic rings. The standard InChI is InChI=1S/C35H42FN5O2/c1-3-16-38-17-19-39(20-18-38)24-26-11-13-27(14-12-26)28-7-5-9-31(21-28)40-33-32(22-29(36)23-37-33)34(42)41(35(40)43)30-8-4-6-25(2)10-15-30/h5,7,9,11-14,21-23,25,30H,3-4,6,8,10,15-20,24H2,1-2H3. The second kappa shape index (κ2) is 12.9. The predicted molar refractivity (Wildman–Crippen MR) is 170 cm³/mol. The van der Waals surface area contributed by atoms with Crippen molar-refractivity contribution in [2.24, 2.45) is 5.92 Å². The molecule has 0 spiro atoms. The molecular weight excluding hydrogens is 541 g/mol. The monoisotopic (exact) mass is 583 g/mol. The summed E-state index contributed by atoms with van der Waals surface area (Å²) in [6, 6.07) is 17.4. The van der Waals surface area contributed by atoms with Gasteiger partial charge in [-0.1, -0.05) is 63.1 Å². The van der Waals surface area contributed by atoms with E-state index in [1.165, 1.54) is 33.7 Å². The van der Waals surface area contributed by atoms with Gasteiger partial charge in [0.25, 0.3) is 5.56 Å². The summed E-state index contributed by atoms with van der Waals surface area (Å²) in [4.78, 5) is 37.0. The molecule has 1 saturated heterocycles. The van der Waals surface area contributed by atoms with Gasteiger partial charge in [-0.15, -0.1) is 0 Å². The fourth-order valence-electron chi connectivity index (χ4n) is 6.84. The van der Waals surface area contributed by atoms with E-state index < -0.39 is 17.1 Å². The summed E-state index contributed by atoms with van der Waals surface area (Å²) in [6.45, 7) is 11.0. The van der Waals surface area contributed by atoms with Crippen LogP contribution in [0.15, 0.2) is 70.4 Å². The van der Waals surface area contributed by atoms with E-state index in [4.69, 9.17) is 0 Å². The van der Waals surface area contributed by atoms with Crippen LogP contribution in [0.4, 0.5) is 4.39 Å². The van der Waals surface area contributed by atoms with E-state index in [0.29, 0.717) is 11.6 Å². The van der Waals surface area contributed by atoms with E-state index in [1.807, 2.05) is 24.3 Å². The average Bonchev–Trinajstić information content (AvgIpc) is 3.23. The van der Waals surface area contributed by atoms with Gasteiger partial charge in [0.15, 0.2) is 5.65 Å². The molecule has 43 heavy (non-hydrogen) atoms. The SMILES string of the molecule is CCCN1CCN(Cc2ccc(-c3cccc(-n4c(=O)n(C5CCCC(C)CC5)c(=O)c5cc(F)cnc54)c3)cc2)CC1. The highest BCUT2D eigenvalue weighted by atomic mass is 19.1. The number of hydrogen-bond donors (Lipinski definition) is 0. The quantitative estimate of drug-likeness (QED) is 0.249. The first kappa shape index (κ1) is 29.5. The lowest BCUT2D eigenvalue weighted by molar-refractivity contribution is 0.127. The largest absolute Gasteiger partial charge is 0.337 e. The number of rotatable bonds is 7. The van der Waals surface area contributed by atoms with Crippen LogP contribution in [0.3, 0.4) is 0 Å². The van der Waals surface area contributed by atoms with Crippen molar-refractivity contribution in [2.75, 3.05) is 32.7 Å². The zero-order chi connectivity index (χ0) is 29.9. The molecule has 0 bridgehead atoms. The normalized spacial score (nSPS) is 20.3. The third-order valence-corrected chi connectivity index (χ3v) is 9.29. The summed E-state index contributed by atoms with van der Waals surface area (Å²) >= 11 is 0. The van der Waals surface area contributed by atoms with Gasteiger partial charge in [0.2, 0.25) is 0 Å². The van der Waals surface area contributed by atoms with Gasteiger partial charge < -0.3 is 4.90 Å². The Bertz CT molecular complexity index is 1690. The third kappa shape index (κ3) is 6.36. The molecule has 3 heterocycles. The molecule has 0 N–H and O–H groups in total. The Morgan fingerprint density at radius 1 is 0.884 bits per heavy atom. The molecule has 8 heteroatoms. The zero-order valence-corrected chi connectivity index (χ0v) is 25.3. The van der Waals surface area contributed by atoms with E-state index in [9.17, 15) is 14.0 Å². The second-order valence-corrected chi connectivity index (χ2v) is 12.5. The fourth-order valence-corrected chi connectivity index (χ4v) is 6.84. The number of aromatic nitrogens is 3. The molecule has 1 aliphatic carbocycles. The Morgan fingerprint density at radius 2 is 1.65 bits per heavy atom.